The molecule has 2 unspecified atom stereocenters. The zero-order chi connectivity index (χ0) is 18.1. The number of aliphatic imine (C=N–C) groups is 1. The molecule has 24 heavy (non-hydrogen) atoms. The molecule has 9 heteroatoms. The summed E-state index contributed by atoms with van der Waals surface area (Å²) in [7, 11) is 0. The zero-order valence-corrected chi connectivity index (χ0v) is 13.3. The van der Waals surface area contributed by atoms with Crippen LogP contribution >= 0.6 is 0 Å². The predicted octanol–water partition coefficient (Wildman–Crippen LogP) is -0.420. The van der Waals surface area contributed by atoms with Crippen molar-refractivity contribution in [2.75, 3.05) is 6.61 Å². The molecule has 2 rings (SSSR count). The summed E-state index contributed by atoms with van der Waals surface area (Å²) in [6, 6.07) is -1.39. The number of aliphatic hydroxyl groups excluding tert-OH is 3. The van der Waals surface area contributed by atoms with Gasteiger partial charge in [-0.2, -0.15) is 8.78 Å². The lowest BCUT2D eigenvalue weighted by molar-refractivity contribution is -0.169. The van der Waals surface area contributed by atoms with Crippen molar-refractivity contribution in [1.29, 1.82) is 0 Å². The Balaban J connectivity index is 2.32. The van der Waals surface area contributed by atoms with Crippen LogP contribution in [0.2, 0.25) is 0 Å². The van der Waals surface area contributed by atoms with Crippen molar-refractivity contribution >= 4 is 5.84 Å². The molecule has 5 N–H and O–H groups in total. The predicted molar refractivity (Wildman–Crippen MR) is 83.4 cm³/mol. The second kappa shape index (κ2) is 7.14. The van der Waals surface area contributed by atoms with E-state index in [1.807, 2.05) is 0 Å². The zero-order valence-electron chi connectivity index (χ0n) is 13.3. The first-order valence-corrected chi connectivity index (χ1v) is 7.64. The van der Waals surface area contributed by atoms with Gasteiger partial charge in [0.15, 0.2) is 12.3 Å². The molecular formula is C15H23F2N3O4. The van der Waals surface area contributed by atoms with E-state index < -0.39 is 49.2 Å². The number of nitrogens with two attached hydrogens (primary N) is 1. The highest BCUT2D eigenvalue weighted by Crippen LogP contribution is 2.41. The molecule has 1 saturated heterocycles. The molecule has 0 aromatic carbocycles. The number of ether oxygens (including phenoxy) is 1. The summed E-state index contributed by atoms with van der Waals surface area (Å²) < 4.78 is 34.4. The van der Waals surface area contributed by atoms with Crippen molar-refractivity contribution in [3.05, 3.63) is 24.9 Å². The molecule has 2 aliphatic heterocycles. The molecule has 0 bridgehead atoms. The number of nitrogens with zero attached hydrogens (tertiary/aromatic N) is 2. The Morgan fingerprint density at radius 3 is 2.83 bits per heavy atom. The Hall–Kier alpha value is -1.55. The average Bonchev–Trinajstić information content (AvgIpc) is 2.65. The lowest BCUT2D eigenvalue weighted by Gasteiger charge is -2.37. The third-order valence-corrected chi connectivity index (χ3v) is 4.28. The van der Waals surface area contributed by atoms with Crippen molar-refractivity contribution in [1.82, 2.24) is 4.90 Å². The van der Waals surface area contributed by atoms with Crippen molar-refractivity contribution in [3.8, 4) is 0 Å². The van der Waals surface area contributed by atoms with E-state index in [4.69, 9.17) is 10.5 Å². The van der Waals surface area contributed by atoms with Gasteiger partial charge in [0.1, 0.15) is 11.9 Å². The van der Waals surface area contributed by atoms with E-state index in [2.05, 4.69) is 11.6 Å². The van der Waals surface area contributed by atoms with Gasteiger partial charge in [0.05, 0.1) is 24.8 Å². The van der Waals surface area contributed by atoms with Crippen molar-refractivity contribution < 1.29 is 28.8 Å². The molecule has 0 amide bonds. The van der Waals surface area contributed by atoms with Crippen LogP contribution in [-0.2, 0) is 4.74 Å². The van der Waals surface area contributed by atoms with Crippen molar-refractivity contribution in [2.24, 2.45) is 10.7 Å². The summed E-state index contributed by atoms with van der Waals surface area (Å²) in [6.45, 7) is 4.59. The molecule has 1 fully saturated rings. The van der Waals surface area contributed by atoms with Gasteiger partial charge >= 0.3 is 5.92 Å². The first kappa shape index (κ1) is 18.8. The van der Waals surface area contributed by atoms with Crippen LogP contribution in [0.1, 0.15) is 13.3 Å². The molecule has 0 spiro atoms. The molecule has 0 aromatic heterocycles. The molecule has 6 atom stereocenters. The van der Waals surface area contributed by atoms with Gasteiger partial charge in [-0.25, -0.2) is 0 Å². The molecule has 0 saturated carbocycles. The van der Waals surface area contributed by atoms with Crippen LogP contribution in [0.25, 0.3) is 0 Å². The largest absolute Gasteiger partial charge is 0.394 e. The minimum Gasteiger partial charge on any atom is -0.394 e. The summed E-state index contributed by atoms with van der Waals surface area (Å²) in [5.74, 6) is -3.53. The number of halogens is 2. The van der Waals surface area contributed by atoms with Gasteiger partial charge < -0.3 is 30.7 Å². The van der Waals surface area contributed by atoms with Gasteiger partial charge in [0, 0.05) is 6.20 Å². The van der Waals surface area contributed by atoms with Crippen LogP contribution in [0, 0.1) is 0 Å². The van der Waals surface area contributed by atoms with E-state index in [1.54, 1.807) is 6.92 Å². The third kappa shape index (κ3) is 3.30. The molecule has 7 nitrogen and oxygen atoms in total. The standard InChI is InChI=1S/C15H23F2N3O4/c1-3-4-10(22)12-13(23)15(16,17)14(24-12)20-6-5-11(18)19-8(2)9(20)7-21/h3,5-6,8-10,12-14,21-23H,1,4,7H2,2H3,(H2,18,19)/t8?,9?,10-,12+,13+,14+/m0/s1. The van der Waals surface area contributed by atoms with Gasteiger partial charge in [-0.15, -0.1) is 6.58 Å². The fourth-order valence-electron chi connectivity index (χ4n) is 2.94. The van der Waals surface area contributed by atoms with E-state index in [0.717, 1.165) is 4.90 Å². The molecule has 0 aliphatic carbocycles. The lowest BCUT2D eigenvalue weighted by atomic mass is 10.0. The van der Waals surface area contributed by atoms with Crippen LogP contribution in [-0.4, -0.2) is 75.2 Å². The van der Waals surface area contributed by atoms with Crippen LogP contribution in [0.4, 0.5) is 8.78 Å². The quantitative estimate of drug-likeness (QED) is 0.503. The van der Waals surface area contributed by atoms with Crippen LogP contribution < -0.4 is 5.73 Å². The SMILES string of the molecule is C=CC[C@H](O)[C@H]1O[C@@H](N2C=CC(N)=NC(C)C2CO)C(F)(F)[C@@H]1O. The second-order valence-electron chi connectivity index (χ2n) is 5.97. The van der Waals surface area contributed by atoms with Gasteiger partial charge in [0.2, 0.25) is 0 Å². The fourth-order valence-corrected chi connectivity index (χ4v) is 2.94. The van der Waals surface area contributed by atoms with Crippen LogP contribution in [0.3, 0.4) is 0 Å². The molecule has 0 radical (unpaired) electrons. The number of alkyl halides is 2. The smallest absolute Gasteiger partial charge is 0.319 e. The van der Waals surface area contributed by atoms with Gasteiger partial charge in [0.25, 0.3) is 0 Å². The summed E-state index contributed by atoms with van der Waals surface area (Å²) in [5.41, 5.74) is 5.64. The Morgan fingerprint density at radius 1 is 1.58 bits per heavy atom. The lowest BCUT2D eigenvalue weighted by Crippen LogP contribution is -2.54. The maximum Gasteiger partial charge on any atom is 0.319 e. The first-order chi connectivity index (χ1) is 11.2. The average molecular weight is 347 g/mol. The van der Waals surface area contributed by atoms with E-state index in [-0.39, 0.29) is 12.3 Å². The van der Waals surface area contributed by atoms with E-state index in [1.165, 1.54) is 18.4 Å². The molecule has 2 heterocycles. The van der Waals surface area contributed by atoms with Gasteiger partial charge in [-0.05, 0) is 19.4 Å². The Morgan fingerprint density at radius 2 is 2.25 bits per heavy atom. The minimum atomic E-state index is -3.66. The molecule has 136 valence electrons. The summed E-state index contributed by atoms with van der Waals surface area (Å²) in [6.07, 6.45) is -2.93. The van der Waals surface area contributed by atoms with E-state index >= 15 is 0 Å². The van der Waals surface area contributed by atoms with Gasteiger partial charge in [-0.3, -0.25) is 4.99 Å². The number of aliphatic hydroxyl groups is 3. The number of rotatable bonds is 5. The monoisotopic (exact) mass is 347 g/mol. The Labute approximate surface area is 138 Å². The molecular weight excluding hydrogens is 324 g/mol. The minimum absolute atomic E-state index is 0.00371. The van der Waals surface area contributed by atoms with E-state index in [9.17, 15) is 24.1 Å². The maximum atomic E-state index is 14.6. The van der Waals surface area contributed by atoms with Crippen LogP contribution in [0.15, 0.2) is 29.9 Å². The summed E-state index contributed by atoms with van der Waals surface area (Å²) in [5, 5.41) is 29.4. The van der Waals surface area contributed by atoms with Crippen molar-refractivity contribution in [3.63, 3.8) is 0 Å². The summed E-state index contributed by atoms with van der Waals surface area (Å²) >= 11 is 0. The Bertz CT molecular complexity index is 529. The van der Waals surface area contributed by atoms with Crippen molar-refractivity contribution in [2.45, 2.75) is 55.9 Å². The number of hydrogen-bond donors (Lipinski definition) is 4. The van der Waals surface area contributed by atoms with Crippen LogP contribution in [0.5, 0.6) is 0 Å². The highest BCUT2D eigenvalue weighted by atomic mass is 19.3. The summed E-state index contributed by atoms with van der Waals surface area (Å²) in [4.78, 5) is 5.18. The highest BCUT2D eigenvalue weighted by Gasteiger charge is 2.62. The fraction of sp³-hybridized carbons (Fsp3) is 0.667. The third-order valence-electron chi connectivity index (χ3n) is 4.28. The second-order valence-corrected chi connectivity index (χ2v) is 5.97. The highest BCUT2D eigenvalue weighted by molar-refractivity contribution is 5.91. The number of hydrogen-bond acceptors (Lipinski definition) is 7. The first-order valence-electron chi connectivity index (χ1n) is 7.64. The molecule has 0 aromatic rings. The topological polar surface area (TPSA) is 112 Å². The molecule has 2 aliphatic rings. The van der Waals surface area contributed by atoms with E-state index in [0.29, 0.717) is 0 Å². The number of amidine groups is 1. The Kier molecular flexibility index (Phi) is 5.59. The normalized spacial score (nSPS) is 37.0. The maximum absolute atomic E-state index is 14.6. The van der Waals surface area contributed by atoms with Gasteiger partial charge in [-0.1, -0.05) is 6.08 Å².